The zero-order chi connectivity index (χ0) is 11.3. The lowest BCUT2D eigenvalue weighted by atomic mass is 10.1. The molecule has 0 amide bonds. The second-order valence-corrected chi connectivity index (χ2v) is 2.68. The Morgan fingerprint density at radius 3 is 2.73 bits per heavy atom. The molecule has 5 heteroatoms. The first-order chi connectivity index (χ1) is 7.19. The van der Waals surface area contributed by atoms with Gasteiger partial charge in [-0.05, 0) is 18.2 Å². The third kappa shape index (κ3) is 2.63. The molecule has 1 rings (SSSR count). The highest BCUT2D eigenvalue weighted by Crippen LogP contribution is 2.24. The van der Waals surface area contributed by atoms with Crippen LogP contribution in [-0.2, 0) is 4.79 Å². The van der Waals surface area contributed by atoms with Crippen LogP contribution in [0, 0.1) is 10.1 Å². The van der Waals surface area contributed by atoms with Crippen LogP contribution < -0.4 is 4.74 Å². The first kappa shape index (κ1) is 10.9. The lowest BCUT2D eigenvalue weighted by Gasteiger charge is -2.03. The Hall–Kier alpha value is -2.17. The van der Waals surface area contributed by atoms with Crippen LogP contribution in [0.5, 0.6) is 5.75 Å². The molecule has 0 bridgehead atoms. The fourth-order valence-electron chi connectivity index (χ4n) is 1.11. The van der Waals surface area contributed by atoms with Crippen molar-refractivity contribution in [2.24, 2.45) is 0 Å². The maximum Gasteiger partial charge on any atom is 0.270 e. The second-order valence-electron chi connectivity index (χ2n) is 2.68. The molecule has 0 spiro atoms. The van der Waals surface area contributed by atoms with Gasteiger partial charge in [0.2, 0.25) is 0 Å². The van der Waals surface area contributed by atoms with Gasteiger partial charge in [-0.15, -0.1) is 0 Å². The Kier molecular flexibility index (Phi) is 3.56. The summed E-state index contributed by atoms with van der Waals surface area (Å²) in [5.41, 5.74) is 0.458. The minimum absolute atomic E-state index is 0.0404. The van der Waals surface area contributed by atoms with Crippen molar-refractivity contribution in [1.82, 2.24) is 0 Å². The zero-order valence-corrected chi connectivity index (χ0v) is 8.04. The van der Waals surface area contributed by atoms with E-state index in [0.717, 1.165) is 0 Å². The zero-order valence-electron chi connectivity index (χ0n) is 8.04. The van der Waals surface area contributed by atoms with Gasteiger partial charge in [0.05, 0.1) is 12.0 Å². The predicted octanol–water partition coefficient (Wildman–Crippen LogP) is 1.82. The Bertz CT molecular complexity index is 412. The third-order valence-corrected chi connectivity index (χ3v) is 1.78. The highest BCUT2D eigenvalue weighted by atomic mass is 16.6. The van der Waals surface area contributed by atoms with Gasteiger partial charge < -0.3 is 4.74 Å². The van der Waals surface area contributed by atoms with E-state index >= 15 is 0 Å². The maximum absolute atomic E-state index is 10.5. The molecular formula is C10H9NO4. The lowest BCUT2D eigenvalue weighted by Crippen LogP contribution is -1.91. The number of nitro groups is 1. The third-order valence-electron chi connectivity index (χ3n) is 1.78. The summed E-state index contributed by atoms with van der Waals surface area (Å²) < 4.78 is 4.99. The average Bonchev–Trinajstić information content (AvgIpc) is 2.25. The van der Waals surface area contributed by atoms with Crippen LogP contribution in [0.3, 0.4) is 0 Å². The highest BCUT2D eigenvalue weighted by molar-refractivity contribution is 5.76. The van der Waals surface area contributed by atoms with E-state index in [4.69, 9.17) is 4.74 Å². The maximum atomic E-state index is 10.5. The van der Waals surface area contributed by atoms with Crippen LogP contribution in [0.4, 0.5) is 5.69 Å². The topological polar surface area (TPSA) is 69.4 Å². The minimum Gasteiger partial charge on any atom is -0.496 e. The number of hydrogen-bond donors (Lipinski definition) is 0. The molecule has 0 atom stereocenters. The summed E-state index contributed by atoms with van der Waals surface area (Å²) in [6.45, 7) is 0. The summed E-state index contributed by atoms with van der Waals surface area (Å²) in [6.07, 6.45) is 3.30. The van der Waals surface area contributed by atoms with Crippen LogP contribution in [0.1, 0.15) is 5.56 Å². The Morgan fingerprint density at radius 1 is 1.47 bits per heavy atom. The number of non-ortho nitro benzene ring substituents is 1. The molecule has 78 valence electrons. The second kappa shape index (κ2) is 4.90. The van der Waals surface area contributed by atoms with Crippen molar-refractivity contribution in [2.75, 3.05) is 7.11 Å². The average molecular weight is 207 g/mol. The number of carbonyl (C=O) groups is 1. The number of nitro benzene ring substituents is 1. The van der Waals surface area contributed by atoms with Crippen molar-refractivity contribution in [2.45, 2.75) is 0 Å². The molecule has 1 aromatic carbocycles. The number of ether oxygens (including phenoxy) is 1. The van der Waals surface area contributed by atoms with E-state index in [1.54, 1.807) is 0 Å². The van der Waals surface area contributed by atoms with Gasteiger partial charge in [-0.25, -0.2) is 0 Å². The van der Waals surface area contributed by atoms with Gasteiger partial charge in [-0.1, -0.05) is 0 Å². The van der Waals surface area contributed by atoms with Crippen molar-refractivity contribution in [3.63, 3.8) is 0 Å². The van der Waals surface area contributed by atoms with Crippen LogP contribution in [0.2, 0.25) is 0 Å². The molecule has 0 saturated heterocycles. The molecular weight excluding hydrogens is 198 g/mol. The van der Waals surface area contributed by atoms with Crippen molar-refractivity contribution in [1.29, 1.82) is 0 Å². The first-order valence-electron chi connectivity index (χ1n) is 4.13. The SMILES string of the molecule is COc1ccc([N+](=O)[O-])cc1/C=C\C=O. The van der Waals surface area contributed by atoms with Crippen molar-refractivity contribution in [3.8, 4) is 5.75 Å². The predicted molar refractivity (Wildman–Crippen MR) is 54.7 cm³/mol. The van der Waals surface area contributed by atoms with E-state index in [0.29, 0.717) is 17.6 Å². The van der Waals surface area contributed by atoms with Crippen LogP contribution >= 0.6 is 0 Å². The summed E-state index contributed by atoms with van der Waals surface area (Å²) in [5, 5.41) is 10.5. The number of rotatable bonds is 4. The molecule has 0 unspecified atom stereocenters. The van der Waals surface area contributed by atoms with E-state index in [1.165, 1.54) is 37.5 Å². The number of methoxy groups -OCH3 is 1. The van der Waals surface area contributed by atoms with Crippen molar-refractivity contribution < 1.29 is 14.5 Å². The van der Waals surface area contributed by atoms with Gasteiger partial charge in [0.15, 0.2) is 0 Å². The molecule has 15 heavy (non-hydrogen) atoms. The van der Waals surface area contributed by atoms with Crippen LogP contribution in [-0.4, -0.2) is 18.3 Å². The van der Waals surface area contributed by atoms with E-state index in [2.05, 4.69) is 0 Å². The van der Waals surface area contributed by atoms with Crippen molar-refractivity contribution >= 4 is 18.0 Å². The molecule has 0 N–H and O–H groups in total. The first-order valence-corrected chi connectivity index (χ1v) is 4.13. The molecule has 0 heterocycles. The lowest BCUT2D eigenvalue weighted by molar-refractivity contribution is -0.384. The van der Waals surface area contributed by atoms with Gasteiger partial charge in [0, 0.05) is 17.7 Å². The molecule has 0 fully saturated rings. The van der Waals surface area contributed by atoms with Gasteiger partial charge in [-0.2, -0.15) is 0 Å². The Morgan fingerprint density at radius 2 is 2.20 bits per heavy atom. The monoisotopic (exact) mass is 207 g/mol. The Balaban J connectivity index is 3.18. The smallest absolute Gasteiger partial charge is 0.270 e. The fraction of sp³-hybridized carbons (Fsp3) is 0.100. The van der Waals surface area contributed by atoms with E-state index in [-0.39, 0.29) is 5.69 Å². The fourth-order valence-corrected chi connectivity index (χ4v) is 1.11. The molecule has 1 aromatic rings. The van der Waals surface area contributed by atoms with Crippen LogP contribution in [0.15, 0.2) is 24.3 Å². The van der Waals surface area contributed by atoms with Gasteiger partial charge in [0.25, 0.3) is 5.69 Å². The largest absolute Gasteiger partial charge is 0.496 e. The number of carbonyl (C=O) groups excluding carboxylic acids is 1. The molecule has 0 saturated carbocycles. The highest BCUT2D eigenvalue weighted by Gasteiger charge is 2.08. The number of hydrogen-bond acceptors (Lipinski definition) is 4. The summed E-state index contributed by atoms with van der Waals surface area (Å²) in [4.78, 5) is 20.1. The summed E-state index contributed by atoms with van der Waals surface area (Å²) >= 11 is 0. The number of allylic oxidation sites excluding steroid dienone is 1. The quantitative estimate of drug-likeness (QED) is 0.327. The Labute approximate surface area is 86.1 Å². The van der Waals surface area contributed by atoms with E-state index in [1.807, 2.05) is 0 Å². The van der Waals surface area contributed by atoms with E-state index < -0.39 is 4.92 Å². The number of benzene rings is 1. The molecule has 0 aliphatic rings. The molecule has 5 nitrogen and oxygen atoms in total. The molecule has 0 aliphatic carbocycles. The standard InChI is InChI=1S/C10H9NO4/c1-15-10-5-4-9(11(13)14)7-8(10)3-2-6-12/h2-7H,1H3/b3-2-. The number of aldehydes is 1. The summed E-state index contributed by atoms with van der Waals surface area (Å²) in [6, 6.07) is 4.18. The molecule has 0 aliphatic heterocycles. The van der Waals surface area contributed by atoms with Gasteiger partial charge in [-0.3, -0.25) is 14.9 Å². The minimum atomic E-state index is -0.502. The van der Waals surface area contributed by atoms with Gasteiger partial charge >= 0.3 is 0 Å². The summed E-state index contributed by atoms with van der Waals surface area (Å²) in [5.74, 6) is 0.485. The number of nitrogens with zero attached hydrogens (tertiary/aromatic N) is 1. The van der Waals surface area contributed by atoms with Gasteiger partial charge in [0.1, 0.15) is 12.0 Å². The van der Waals surface area contributed by atoms with E-state index in [9.17, 15) is 14.9 Å². The molecule has 0 aromatic heterocycles. The molecule has 0 radical (unpaired) electrons. The van der Waals surface area contributed by atoms with Crippen molar-refractivity contribution in [3.05, 3.63) is 40.0 Å². The normalized spacial score (nSPS) is 10.2. The summed E-state index contributed by atoms with van der Waals surface area (Å²) in [7, 11) is 1.46. The van der Waals surface area contributed by atoms with Crippen LogP contribution in [0.25, 0.3) is 6.08 Å².